The van der Waals surface area contributed by atoms with Gasteiger partial charge in [-0.3, -0.25) is 4.98 Å². The van der Waals surface area contributed by atoms with Gasteiger partial charge in [-0.25, -0.2) is 0 Å². The summed E-state index contributed by atoms with van der Waals surface area (Å²) >= 11 is 8.37. The van der Waals surface area contributed by atoms with Crippen LogP contribution in [0.15, 0.2) is 47.1 Å². The van der Waals surface area contributed by atoms with Crippen LogP contribution in [0.1, 0.15) is 11.3 Å². The molecule has 0 saturated heterocycles. The lowest BCUT2D eigenvalue weighted by Gasteiger charge is -2.09. The highest BCUT2D eigenvalue weighted by Gasteiger charge is 2.04. The molecule has 1 heterocycles. The highest BCUT2D eigenvalue weighted by Crippen LogP contribution is 2.26. The molecule has 2 aromatic rings. The van der Waals surface area contributed by atoms with E-state index in [2.05, 4.69) is 20.9 Å². The highest BCUT2D eigenvalue weighted by molar-refractivity contribution is 9.10. The van der Waals surface area contributed by atoms with Crippen LogP contribution in [0.2, 0.25) is 0 Å². The first-order chi connectivity index (χ1) is 9.16. The van der Waals surface area contributed by atoms with Crippen molar-refractivity contribution in [2.24, 2.45) is 5.73 Å². The lowest BCUT2D eigenvalue weighted by molar-refractivity contribution is 0.318. The molecule has 0 aliphatic rings. The number of hydrogen-bond acceptors (Lipinski definition) is 3. The number of pyridine rings is 1. The summed E-state index contributed by atoms with van der Waals surface area (Å²) in [6, 6.07) is 11.4. The van der Waals surface area contributed by atoms with Crippen LogP contribution >= 0.6 is 28.1 Å². The number of rotatable bonds is 5. The van der Waals surface area contributed by atoms with Gasteiger partial charge in [-0.2, -0.15) is 0 Å². The van der Waals surface area contributed by atoms with Crippen LogP contribution in [0.3, 0.4) is 0 Å². The van der Waals surface area contributed by atoms with E-state index >= 15 is 0 Å². The fourth-order valence-electron chi connectivity index (χ4n) is 1.58. The van der Waals surface area contributed by atoms with E-state index in [1.807, 2.05) is 36.4 Å². The van der Waals surface area contributed by atoms with E-state index in [1.54, 1.807) is 6.20 Å². The minimum absolute atomic E-state index is 0.376. The molecule has 3 nitrogen and oxygen atoms in total. The van der Waals surface area contributed by atoms with Gasteiger partial charge in [-0.1, -0.05) is 18.3 Å². The Balaban J connectivity index is 1.95. The third kappa shape index (κ3) is 4.01. The van der Waals surface area contributed by atoms with Crippen LogP contribution in [-0.2, 0) is 6.42 Å². The average molecular weight is 337 g/mol. The number of hydrogen-bond donors (Lipinski definition) is 1. The van der Waals surface area contributed by atoms with Gasteiger partial charge in [0.2, 0.25) is 0 Å². The summed E-state index contributed by atoms with van der Waals surface area (Å²) in [7, 11) is 0. The van der Waals surface area contributed by atoms with Gasteiger partial charge in [0.05, 0.1) is 11.1 Å². The number of aromatic nitrogens is 1. The molecular formula is C14H13BrN2OS. The summed E-state index contributed by atoms with van der Waals surface area (Å²) in [5.74, 6) is 0.774. The first-order valence-electron chi connectivity index (χ1n) is 5.79. The molecule has 1 aromatic carbocycles. The van der Waals surface area contributed by atoms with E-state index in [-0.39, 0.29) is 0 Å². The van der Waals surface area contributed by atoms with Crippen molar-refractivity contribution in [2.45, 2.75) is 6.42 Å². The van der Waals surface area contributed by atoms with E-state index < -0.39 is 0 Å². The average Bonchev–Trinajstić information content (AvgIpc) is 2.41. The zero-order chi connectivity index (χ0) is 13.7. The lowest BCUT2D eigenvalue weighted by Crippen LogP contribution is -2.09. The van der Waals surface area contributed by atoms with Crippen LogP contribution < -0.4 is 10.5 Å². The summed E-state index contributed by atoms with van der Waals surface area (Å²) in [6.07, 6.45) is 2.55. The normalized spacial score (nSPS) is 10.2. The van der Waals surface area contributed by atoms with Crippen molar-refractivity contribution in [3.8, 4) is 5.75 Å². The minimum atomic E-state index is 0.376. The van der Waals surface area contributed by atoms with Crippen molar-refractivity contribution in [3.63, 3.8) is 0 Å². The summed E-state index contributed by atoms with van der Waals surface area (Å²) in [4.78, 5) is 4.62. The zero-order valence-corrected chi connectivity index (χ0v) is 12.6. The van der Waals surface area contributed by atoms with Crippen molar-refractivity contribution in [1.82, 2.24) is 4.98 Å². The molecule has 0 fully saturated rings. The Morgan fingerprint density at radius 3 is 2.79 bits per heavy atom. The summed E-state index contributed by atoms with van der Waals surface area (Å²) in [5.41, 5.74) is 7.40. The van der Waals surface area contributed by atoms with Gasteiger partial charge in [0, 0.05) is 23.9 Å². The largest absolute Gasteiger partial charge is 0.492 e. The van der Waals surface area contributed by atoms with Gasteiger partial charge < -0.3 is 10.5 Å². The van der Waals surface area contributed by atoms with E-state index in [4.69, 9.17) is 22.7 Å². The number of ether oxygens (including phenoxy) is 1. The maximum atomic E-state index is 5.70. The Bertz CT molecular complexity index is 575. The fraction of sp³-hybridized carbons (Fsp3) is 0.143. The van der Waals surface area contributed by atoms with Crippen molar-refractivity contribution in [2.75, 3.05) is 6.61 Å². The number of nitrogens with two attached hydrogens (primary N) is 1. The molecule has 5 heteroatoms. The molecular weight excluding hydrogens is 324 g/mol. The molecule has 0 aliphatic carbocycles. The second kappa shape index (κ2) is 6.63. The number of benzene rings is 1. The lowest BCUT2D eigenvalue weighted by atomic mass is 10.2. The number of thiocarbonyl (C=S) groups is 1. The molecule has 0 unspecified atom stereocenters. The quantitative estimate of drug-likeness (QED) is 0.852. The number of halogens is 1. The Hall–Kier alpha value is -1.46. The Morgan fingerprint density at radius 1 is 1.32 bits per heavy atom. The smallest absolute Gasteiger partial charge is 0.133 e. The van der Waals surface area contributed by atoms with Crippen molar-refractivity contribution in [3.05, 3.63) is 58.3 Å². The van der Waals surface area contributed by atoms with Crippen LogP contribution in [0.25, 0.3) is 0 Å². The predicted octanol–water partition coefficient (Wildman–Crippen LogP) is 3.10. The van der Waals surface area contributed by atoms with E-state index in [0.717, 1.165) is 27.9 Å². The molecule has 0 atom stereocenters. The molecule has 1 aromatic heterocycles. The van der Waals surface area contributed by atoms with Crippen molar-refractivity contribution < 1.29 is 4.74 Å². The Labute approximate surface area is 125 Å². The minimum Gasteiger partial charge on any atom is -0.492 e. The molecule has 0 amide bonds. The van der Waals surface area contributed by atoms with Gasteiger partial charge in [0.25, 0.3) is 0 Å². The fourth-order valence-corrected chi connectivity index (χ4v) is 2.20. The third-order valence-corrected chi connectivity index (χ3v) is 3.41. The third-order valence-electron chi connectivity index (χ3n) is 2.56. The second-order valence-corrected chi connectivity index (χ2v) is 5.22. The van der Waals surface area contributed by atoms with Gasteiger partial charge in [0.1, 0.15) is 10.7 Å². The van der Waals surface area contributed by atoms with E-state index in [1.165, 1.54) is 0 Å². The maximum absolute atomic E-state index is 5.70. The van der Waals surface area contributed by atoms with Crippen LogP contribution in [0.4, 0.5) is 0 Å². The predicted molar refractivity (Wildman–Crippen MR) is 83.5 cm³/mol. The second-order valence-electron chi connectivity index (χ2n) is 3.93. The maximum Gasteiger partial charge on any atom is 0.133 e. The van der Waals surface area contributed by atoms with Gasteiger partial charge in [-0.15, -0.1) is 0 Å². The molecule has 0 spiro atoms. The molecule has 19 heavy (non-hydrogen) atoms. The molecule has 98 valence electrons. The standard InChI is InChI=1S/C14H13BrN2OS/c15-12-9-10(14(16)19)4-5-13(12)18-8-6-11-3-1-2-7-17-11/h1-5,7,9H,6,8H2,(H2,16,19). The van der Waals surface area contributed by atoms with Gasteiger partial charge in [-0.05, 0) is 46.3 Å². The molecule has 0 aliphatic heterocycles. The van der Waals surface area contributed by atoms with Gasteiger partial charge >= 0.3 is 0 Å². The highest BCUT2D eigenvalue weighted by atomic mass is 79.9. The van der Waals surface area contributed by atoms with Crippen LogP contribution in [-0.4, -0.2) is 16.6 Å². The Kier molecular flexibility index (Phi) is 4.87. The first-order valence-corrected chi connectivity index (χ1v) is 6.99. The molecule has 2 N–H and O–H groups in total. The topological polar surface area (TPSA) is 48.1 Å². The summed E-state index contributed by atoms with van der Waals surface area (Å²) in [5, 5.41) is 0. The molecule has 0 saturated carbocycles. The molecule has 0 radical (unpaired) electrons. The van der Waals surface area contributed by atoms with Crippen LogP contribution in [0, 0.1) is 0 Å². The first kappa shape index (κ1) is 14.0. The summed E-state index contributed by atoms with van der Waals surface area (Å²) < 4.78 is 6.55. The van der Waals surface area contributed by atoms with E-state index in [0.29, 0.717) is 11.6 Å². The Morgan fingerprint density at radius 2 is 2.16 bits per heavy atom. The monoisotopic (exact) mass is 336 g/mol. The zero-order valence-electron chi connectivity index (χ0n) is 10.2. The SMILES string of the molecule is NC(=S)c1ccc(OCCc2ccccn2)c(Br)c1. The van der Waals surface area contributed by atoms with Crippen molar-refractivity contribution >= 4 is 33.1 Å². The van der Waals surface area contributed by atoms with E-state index in [9.17, 15) is 0 Å². The van der Waals surface area contributed by atoms with Crippen LogP contribution in [0.5, 0.6) is 5.75 Å². The number of nitrogens with zero attached hydrogens (tertiary/aromatic N) is 1. The van der Waals surface area contributed by atoms with Crippen molar-refractivity contribution in [1.29, 1.82) is 0 Å². The molecule has 2 rings (SSSR count). The van der Waals surface area contributed by atoms with Gasteiger partial charge in [0.15, 0.2) is 0 Å². The summed E-state index contributed by atoms with van der Waals surface area (Å²) in [6.45, 7) is 0.571. The molecule has 0 bridgehead atoms.